The van der Waals surface area contributed by atoms with Gasteiger partial charge in [-0.05, 0) is 71.9 Å². The van der Waals surface area contributed by atoms with Crippen molar-refractivity contribution in [3.05, 3.63) is 47.0 Å². The number of hydrogen-bond acceptors (Lipinski definition) is 0. The monoisotopic (exact) mass is 250 g/mol. The molecule has 0 unspecified atom stereocenters. The van der Waals surface area contributed by atoms with Crippen LogP contribution in [0.4, 0.5) is 0 Å². The summed E-state index contributed by atoms with van der Waals surface area (Å²) in [7, 11) is 0. The van der Waals surface area contributed by atoms with Crippen molar-refractivity contribution < 1.29 is 0 Å². The normalized spacial score (nSPS) is 19.8. The van der Waals surface area contributed by atoms with E-state index in [-0.39, 0.29) is 0 Å². The first-order valence-electron chi connectivity index (χ1n) is 7.97. The fraction of sp³-hybridized carbons (Fsp3) is 0.474. The minimum absolute atomic E-state index is 0.831. The first kappa shape index (κ1) is 11.5. The van der Waals surface area contributed by atoms with Crippen LogP contribution in [0.25, 0.3) is 10.8 Å². The summed E-state index contributed by atoms with van der Waals surface area (Å²) in [5.41, 5.74) is 4.98. The third-order valence-electron chi connectivity index (χ3n) is 5.20. The Hall–Kier alpha value is -1.30. The molecule has 0 spiro atoms. The molecule has 0 saturated heterocycles. The minimum atomic E-state index is 0.831. The van der Waals surface area contributed by atoms with Crippen molar-refractivity contribution in [1.29, 1.82) is 0 Å². The summed E-state index contributed by atoms with van der Waals surface area (Å²) < 4.78 is 0. The second kappa shape index (κ2) is 4.67. The van der Waals surface area contributed by atoms with E-state index in [4.69, 9.17) is 0 Å². The van der Waals surface area contributed by atoms with E-state index in [2.05, 4.69) is 30.3 Å². The molecular formula is C19H22. The predicted octanol–water partition coefficient (Wildman–Crippen LogP) is 5.38. The van der Waals surface area contributed by atoms with Crippen LogP contribution in [0.3, 0.4) is 0 Å². The molecule has 0 heterocycles. The summed E-state index contributed by atoms with van der Waals surface area (Å²) in [6.45, 7) is 0. The van der Waals surface area contributed by atoms with Crippen LogP contribution >= 0.6 is 0 Å². The van der Waals surface area contributed by atoms with E-state index < -0.39 is 0 Å². The predicted molar refractivity (Wildman–Crippen MR) is 81.8 cm³/mol. The number of hydrogen-bond donors (Lipinski definition) is 0. The smallest absolute Gasteiger partial charge is 0.0146 e. The molecular weight excluding hydrogens is 228 g/mol. The van der Waals surface area contributed by atoms with Crippen LogP contribution in [0.15, 0.2) is 30.3 Å². The summed E-state index contributed by atoms with van der Waals surface area (Å²) in [5.74, 6) is 0.831. The summed E-state index contributed by atoms with van der Waals surface area (Å²) in [6, 6.07) is 11.7. The van der Waals surface area contributed by atoms with Crippen molar-refractivity contribution in [2.24, 2.45) is 0 Å². The molecule has 0 atom stereocenters. The maximum absolute atomic E-state index is 2.58. The molecule has 0 amide bonds. The number of aryl methyl sites for hydroxylation is 2. The van der Waals surface area contributed by atoms with Gasteiger partial charge in [0.25, 0.3) is 0 Å². The van der Waals surface area contributed by atoms with Gasteiger partial charge in [0, 0.05) is 0 Å². The second-order valence-corrected chi connectivity index (χ2v) is 6.34. The quantitative estimate of drug-likeness (QED) is 0.637. The molecule has 0 aliphatic heterocycles. The Labute approximate surface area is 115 Å². The van der Waals surface area contributed by atoms with E-state index in [1.54, 1.807) is 27.5 Å². The van der Waals surface area contributed by atoms with Crippen LogP contribution in [0.1, 0.15) is 61.1 Å². The van der Waals surface area contributed by atoms with Gasteiger partial charge in [0.1, 0.15) is 0 Å². The van der Waals surface area contributed by atoms with E-state index >= 15 is 0 Å². The fourth-order valence-corrected chi connectivity index (χ4v) is 4.23. The maximum Gasteiger partial charge on any atom is -0.0146 e. The summed E-state index contributed by atoms with van der Waals surface area (Å²) in [4.78, 5) is 0. The summed E-state index contributed by atoms with van der Waals surface area (Å²) >= 11 is 0. The number of rotatable bonds is 1. The molecule has 2 aromatic rings. The Morgan fingerprint density at radius 3 is 2.37 bits per heavy atom. The molecule has 0 radical (unpaired) electrons. The molecule has 0 aromatic heterocycles. The molecule has 2 aromatic carbocycles. The molecule has 0 heteroatoms. The zero-order valence-corrected chi connectivity index (χ0v) is 11.6. The van der Waals surface area contributed by atoms with Gasteiger partial charge in [-0.1, -0.05) is 43.2 Å². The van der Waals surface area contributed by atoms with Gasteiger partial charge in [0.15, 0.2) is 0 Å². The van der Waals surface area contributed by atoms with Gasteiger partial charge in [-0.25, -0.2) is 0 Å². The van der Waals surface area contributed by atoms with Crippen LogP contribution in [-0.2, 0) is 12.8 Å². The van der Waals surface area contributed by atoms with E-state index in [1.165, 1.54) is 51.4 Å². The fourth-order valence-electron chi connectivity index (χ4n) is 4.23. The maximum atomic E-state index is 2.58. The van der Waals surface area contributed by atoms with E-state index in [9.17, 15) is 0 Å². The van der Waals surface area contributed by atoms with Crippen molar-refractivity contribution in [2.45, 2.75) is 57.3 Å². The third kappa shape index (κ3) is 1.89. The lowest BCUT2D eigenvalue weighted by molar-refractivity contribution is 0.682. The lowest BCUT2D eigenvalue weighted by atomic mass is 9.82. The van der Waals surface area contributed by atoms with Crippen molar-refractivity contribution in [3.63, 3.8) is 0 Å². The molecule has 4 rings (SSSR count). The Bertz CT molecular complexity index is 603. The molecule has 2 aliphatic rings. The van der Waals surface area contributed by atoms with Gasteiger partial charge < -0.3 is 0 Å². The SMILES string of the molecule is c1ccc2c3c(cc(C4CCCC4)c2c1)CCCC3. The van der Waals surface area contributed by atoms with E-state index in [0.717, 1.165) is 5.92 Å². The van der Waals surface area contributed by atoms with Gasteiger partial charge in [0.05, 0.1) is 0 Å². The number of fused-ring (bicyclic) bond motifs is 3. The summed E-state index contributed by atoms with van der Waals surface area (Å²) in [5, 5.41) is 3.11. The van der Waals surface area contributed by atoms with Crippen LogP contribution in [0.5, 0.6) is 0 Å². The second-order valence-electron chi connectivity index (χ2n) is 6.34. The molecule has 0 bridgehead atoms. The van der Waals surface area contributed by atoms with Crippen LogP contribution < -0.4 is 0 Å². The van der Waals surface area contributed by atoms with Crippen molar-refractivity contribution in [1.82, 2.24) is 0 Å². The molecule has 1 fully saturated rings. The Kier molecular flexibility index (Phi) is 2.83. The molecule has 98 valence electrons. The zero-order chi connectivity index (χ0) is 12.7. The first-order chi connectivity index (χ1) is 9.43. The van der Waals surface area contributed by atoms with Gasteiger partial charge in [-0.15, -0.1) is 0 Å². The third-order valence-corrected chi connectivity index (χ3v) is 5.20. The lowest BCUT2D eigenvalue weighted by Gasteiger charge is -2.22. The lowest BCUT2D eigenvalue weighted by Crippen LogP contribution is -2.06. The Morgan fingerprint density at radius 1 is 0.789 bits per heavy atom. The Morgan fingerprint density at radius 2 is 1.53 bits per heavy atom. The topological polar surface area (TPSA) is 0 Å². The van der Waals surface area contributed by atoms with Crippen molar-refractivity contribution >= 4 is 10.8 Å². The molecule has 2 aliphatic carbocycles. The average molecular weight is 250 g/mol. The highest BCUT2D eigenvalue weighted by Gasteiger charge is 2.22. The van der Waals surface area contributed by atoms with Gasteiger partial charge in [-0.3, -0.25) is 0 Å². The average Bonchev–Trinajstić information content (AvgIpc) is 3.00. The molecule has 1 saturated carbocycles. The summed E-state index contributed by atoms with van der Waals surface area (Å²) in [6.07, 6.45) is 11.0. The number of benzene rings is 2. The first-order valence-corrected chi connectivity index (χ1v) is 7.97. The largest absolute Gasteiger partial charge is 0.0616 e. The van der Waals surface area contributed by atoms with Crippen LogP contribution in [0.2, 0.25) is 0 Å². The molecule has 19 heavy (non-hydrogen) atoms. The van der Waals surface area contributed by atoms with Crippen molar-refractivity contribution in [2.75, 3.05) is 0 Å². The highest BCUT2D eigenvalue weighted by atomic mass is 14.3. The van der Waals surface area contributed by atoms with E-state index in [0.29, 0.717) is 0 Å². The zero-order valence-electron chi connectivity index (χ0n) is 11.6. The van der Waals surface area contributed by atoms with Crippen LogP contribution in [-0.4, -0.2) is 0 Å². The molecule has 0 nitrogen and oxygen atoms in total. The molecule has 0 N–H and O–H groups in total. The van der Waals surface area contributed by atoms with Crippen LogP contribution in [0, 0.1) is 0 Å². The van der Waals surface area contributed by atoms with Gasteiger partial charge in [-0.2, -0.15) is 0 Å². The Balaban J connectivity index is 1.97. The highest BCUT2D eigenvalue weighted by Crippen LogP contribution is 2.40. The van der Waals surface area contributed by atoms with Gasteiger partial charge >= 0.3 is 0 Å². The van der Waals surface area contributed by atoms with E-state index in [1.807, 2.05) is 0 Å². The standard InChI is InChI=1S/C19H22/c1-2-8-14(7-1)19-13-15-9-3-4-10-16(15)17-11-5-6-12-18(17)19/h5-6,11-14H,1-4,7-10H2. The van der Waals surface area contributed by atoms with Crippen molar-refractivity contribution in [3.8, 4) is 0 Å². The van der Waals surface area contributed by atoms with Gasteiger partial charge in [0.2, 0.25) is 0 Å². The minimum Gasteiger partial charge on any atom is -0.0616 e. The highest BCUT2D eigenvalue weighted by molar-refractivity contribution is 5.90.